The Labute approximate surface area is 118 Å². The number of oxazole rings is 1. The zero-order valence-electron chi connectivity index (χ0n) is 12.3. The lowest BCUT2D eigenvalue weighted by Crippen LogP contribution is -2.21. The van der Waals surface area contributed by atoms with E-state index in [0.717, 1.165) is 11.3 Å². The Bertz CT molecular complexity index is 564. The van der Waals surface area contributed by atoms with Gasteiger partial charge in [0, 0.05) is 12.6 Å². The first kappa shape index (κ1) is 14.4. The normalized spacial score (nSPS) is 10.8. The number of para-hydroxylation sites is 1. The molecule has 0 bridgehead atoms. The minimum atomic E-state index is 0.404. The number of ether oxygens (including phenoxy) is 2. The molecule has 108 valence electrons. The first-order valence-corrected chi connectivity index (χ1v) is 6.54. The summed E-state index contributed by atoms with van der Waals surface area (Å²) in [7, 11) is 3.21. The third kappa shape index (κ3) is 3.11. The Morgan fingerprint density at radius 2 is 2.05 bits per heavy atom. The molecule has 0 aliphatic carbocycles. The molecule has 1 aromatic heterocycles. The molecule has 0 saturated heterocycles. The van der Waals surface area contributed by atoms with E-state index in [0.29, 0.717) is 30.0 Å². The summed E-state index contributed by atoms with van der Waals surface area (Å²) in [5, 5.41) is 3.30. The summed E-state index contributed by atoms with van der Waals surface area (Å²) in [6.45, 7) is 4.85. The van der Waals surface area contributed by atoms with Crippen molar-refractivity contribution < 1.29 is 13.9 Å². The van der Waals surface area contributed by atoms with Crippen molar-refractivity contribution in [1.29, 1.82) is 0 Å². The van der Waals surface area contributed by atoms with Gasteiger partial charge in [0.25, 0.3) is 0 Å². The molecule has 1 heterocycles. The number of methoxy groups -OCH3 is 2. The second-order valence-electron chi connectivity index (χ2n) is 4.72. The van der Waals surface area contributed by atoms with Crippen LogP contribution in [-0.4, -0.2) is 25.2 Å². The number of hydrogen-bond donors (Lipinski definition) is 1. The van der Waals surface area contributed by atoms with Crippen LogP contribution in [0.4, 0.5) is 0 Å². The number of nitrogens with zero attached hydrogens (tertiary/aromatic N) is 1. The predicted molar refractivity (Wildman–Crippen MR) is 77.0 cm³/mol. The largest absolute Gasteiger partial charge is 0.493 e. The van der Waals surface area contributed by atoms with Crippen LogP contribution in [0.3, 0.4) is 0 Å². The van der Waals surface area contributed by atoms with E-state index < -0.39 is 0 Å². The molecular weight excluding hydrogens is 256 g/mol. The van der Waals surface area contributed by atoms with E-state index in [1.165, 1.54) is 0 Å². The summed E-state index contributed by atoms with van der Waals surface area (Å²) >= 11 is 0. The van der Waals surface area contributed by atoms with Crippen molar-refractivity contribution in [2.45, 2.75) is 26.4 Å². The Morgan fingerprint density at radius 3 is 2.70 bits per heavy atom. The van der Waals surface area contributed by atoms with Crippen LogP contribution in [0.1, 0.15) is 19.5 Å². The first-order chi connectivity index (χ1) is 9.65. The van der Waals surface area contributed by atoms with Gasteiger partial charge in [0.2, 0.25) is 5.89 Å². The summed E-state index contributed by atoms with van der Waals surface area (Å²) in [6.07, 6.45) is 1.66. The van der Waals surface area contributed by atoms with Crippen molar-refractivity contribution in [3.05, 3.63) is 30.2 Å². The zero-order valence-corrected chi connectivity index (χ0v) is 12.3. The molecule has 0 atom stereocenters. The molecule has 5 nitrogen and oxygen atoms in total. The van der Waals surface area contributed by atoms with Crippen molar-refractivity contribution in [1.82, 2.24) is 10.3 Å². The third-order valence-electron chi connectivity index (χ3n) is 2.88. The van der Waals surface area contributed by atoms with Gasteiger partial charge in [-0.3, -0.25) is 0 Å². The molecule has 0 aliphatic heterocycles. The fourth-order valence-electron chi connectivity index (χ4n) is 1.88. The molecule has 0 aliphatic rings. The van der Waals surface area contributed by atoms with Crippen molar-refractivity contribution in [3.63, 3.8) is 0 Å². The van der Waals surface area contributed by atoms with Gasteiger partial charge in [-0.05, 0) is 12.1 Å². The summed E-state index contributed by atoms with van der Waals surface area (Å²) in [4.78, 5) is 4.47. The minimum absolute atomic E-state index is 0.404. The summed E-state index contributed by atoms with van der Waals surface area (Å²) < 4.78 is 16.2. The summed E-state index contributed by atoms with van der Waals surface area (Å²) in [5.74, 6) is 1.81. The van der Waals surface area contributed by atoms with E-state index in [1.54, 1.807) is 20.5 Å². The fourth-order valence-corrected chi connectivity index (χ4v) is 1.88. The van der Waals surface area contributed by atoms with Gasteiger partial charge in [0.1, 0.15) is 6.26 Å². The molecule has 2 aromatic rings. The average molecular weight is 276 g/mol. The van der Waals surface area contributed by atoms with Crippen molar-refractivity contribution >= 4 is 0 Å². The van der Waals surface area contributed by atoms with Gasteiger partial charge in [-0.2, -0.15) is 0 Å². The van der Waals surface area contributed by atoms with Crippen LogP contribution in [-0.2, 0) is 6.54 Å². The summed E-state index contributed by atoms with van der Waals surface area (Å²) in [6, 6.07) is 6.02. The van der Waals surface area contributed by atoms with E-state index in [-0.39, 0.29) is 0 Å². The lowest BCUT2D eigenvalue weighted by Gasteiger charge is -2.10. The molecule has 0 amide bonds. The highest BCUT2D eigenvalue weighted by Crippen LogP contribution is 2.37. The highest BCUT2D eigenvalue weighted by molar-refractivity contribution is 5.67. The number of nitrogens with one attached hydrogen (secondary N) is 1. The molecular formula is C15H20N2O3. The van der Waals surface area contributed by atoms with Gasteiger partial charge < -0.3 is 19.2 Å². The van der Waals surface area contributed by atoms with Crippen LogP contribution < -0.4 is 14.8 Å². The molecule has 0 radical (unpaired) electrons. The predicted octanol–water partition coefficient (Wildman–Crippen LogP) is 2.86. The maximum absolute atomic E-state index is 5.54. The van der Waals surface area contributed by atoms with Crippen LogP contribution >= 0.6 is 0 Å². The van der Waals surface area contributed by atoms with E-state index in [1.807, 2.05) is 18.2 Å². The Balaban J connectivity index is 2.28. The molecule has 1 N–H and O–H groups in total. The third-order valence-corrected chi connectivity index (χ3v) is 2.88. The topological polar surface area (TPSA) is 56.5 Å². The fraction of sp³-hybridized carbons (Fsp3) is 0.400. The highest BCUT2D eigenvalue weighted by Gasteiger charge is 2.15. The van der Waals surface area contributed by atoms with Crippen molar-refractivity contribution in [3.8, 4) is 23.0 Å². The SMILES string of the molecule is COc1cccc(-c2nc(CNC(C)C)co2)c1OC. The van der Waals surface area contributed by atoms with Crippen LogP contribution in [0.5, 0.6) is 11.5 Å². The van der Waals surface area contributed by atoms with Crippen LogP contribution in [0.2, 0.25) is 0 Å². The van der Waals surface area contributed by atoms with Gasteiger partial charge in [0.05, 0.1) is 25.5 Å². The summed E-state index contributed by atoms with van der Waals surface area (Å²) in [5.41, 5.74) is 1.64. The smallest absolute Gasteiger partial charge is 0.230 e. The number of rotatable bonds is 6. The minimum Gasteiger partial charge on any atom is -0.493 e. The molecule has 0 fully saturated rings. The van der Waals surface area contributed by atoms with Gasteiger partial charge in [0.15, 0.2) is 11.5 Å². The van der Waals surface area contributed by atoms with Gasteiger partial charge in [-0.1, -0.05) is 19.9 Å². The van der Waals surface area contributed by atoms with Gasteiger partial charge in [-0.25, -0.2) is 4.98 Å². The van der Waals surface area contributed by atoms with E-state index >= 15 is 0 Å². The Morgan fingerprint density at radius 1 is 1.25 bits per heavy atom. The molecule has 0 saturated carbocycles. The monoisotopic (exact) mass is 276 g/mol. The molecule has 0 spiro atoms. The molecule has 2 rings (SSSR count). The van der Waals surface area contributed by atoms with Gasteiger partial charge >= 0.3 is 0 Å². The number of hydrogen-bond acceptors (Lipinski definition) is 5. The van der Waals surface area contributed by atoms with E-state index in [2.05, 4.69) is 24.1 Å². The van der Waals surface area contributed by atoms with Crippen molar-refractivity contribution in [2.75, 3.05) is 14.2 Å². The highest BCUT2D eigenvalue weighted by atomic mass is 16.5. The Hall–Kier alpha value is -2.01. The lowest BCUT2D eigenvalue weighted by molar-refractivity contribution is 0.355. The molecule has 20 heavy (non-hydrogen) atoms. The van der Waals surface area contributed by atoms with E-state index in [4.69, 9.17) is 13.9 Å². The maximum atomic E-state index is 5.54. The quantitative estimate of drug-likeness (QED) is 0.879. The van der Waals surface area contributed by atoms with Gasteiger partial charge in [-0.15, -0.1) is 0 Å². The van der Waals surface area contributed by atoms with Crippen LogP contribution in [0.15, 0.2) is 28.9 Å². The standard InChI is InChI=1S/C15H20N2O3/c1-10(2)16-8-11-9-20-15(17-11)12-6-5-7-13(18-3)14(12)19-4/h5-7,9-10,16H,8H2,1-4H3. The number of benzene rings is 1. The number of aromatic nitrogens is 1. The zero-order chi connectivity index (χ0) is 14.5. The van der Waals surface area contributed by atoms with Crippen LogP contribution in [0, 0.1) is 0 Å². The Kier molecular flexibility index (Phi) is 4.63. The second kappa shape index (κ2) is 6.43. The maximum Gasteiger partial charge on any atom is 0.230 e. The molecule has 0 unspecified atom stereocenters. The van der Waals surface area contributed by atoms with E-state index in [9.17, 15) is 0 Å². The average Bonchev–Trinajstić information content (AvgIpc) is 2.92. The first-order valence-electron chi connectivity index (χ1n) is 6.54. The molecule has 1 aromatic carbocycles. The molecule has 5 heteroatoms. The van der Waals surface area contributed by atoms with Crippen molar-refractivity contribution in [2.24, 2.45) is 0 Å². The lowest BCUT2D eigenvalue weighted by atomic mass is 10.2. The van der Waals surface area contributed by atoms with Crippen LogP contribution in [0.25, 0.3) is 11.5 Å². The second-order valence-corrected chi connectivity index (χ2v) is 4.72.